The van der Waals surface area contributed by atoms with Crippen LogP contribution in [0.5, 0.6) is 5.75 Å². The molecule has 122 valence electrons. The maximum absolute atomic E-state index is 12.1. The summed E-state index contributed by atoms with van der Waals surface area (Å²) < 4.78 is 0. The molecule has 7 heteroatoms. The van der Waals surface area contributed by atoms with Gasteiger partial charge in [0.25, 0.3) is 0 Å². The maximum Gasteiger partial charge on any atom is 0.231 e. The lowest BCUT2D eigenvalue weighted by Gasteiger charge is -2.32. The SMILES string of the molecule is CN1C(=O)C[C@@](C)(c2cc(-c3cc(O)cc(C#N)c3)cs2)N=C1N. The molecule has 2 aromatic rings. The van der Waals surface area contributed by atoms with E-state index in [9.17, 15) is 9.90 Å². The lowest BCUT2D eigenvalue weighted by molar-refractivity contribution is -0.128. The number of amides is 1. The van der Waals surface area contributed by atoms with Gasteiger partial charge in [-0.15, -0.1) is 11.3 Å². The average Bonchev–Trinajstić information content (AvgIpc) is 3.03. The predicted octanol–water partition coefficient (Wildman–Crippen LogP) is 2.38. The van der Waals surface area contributed by atoms with Crippen LogP contribution in [0.3, 0.4) is 0 Å². The van der Waals surface area contributed by atoms with E-state index in [4.69, 9.17) is 11.0 Å². The molecule has 1 aromatic heterocycles. The van der Waals surface area contributed by atoms with Crippen LogP contribution in [0.4, 0.5) is 0 Å². The molecule has 0 radical (unpaired) electrons. The Morgan fingerprint density at radius 3 is 2.79 bits per heavy atom. The summed E-state index contributed by atoms with van der Waals surface area (Å²) in [6, 6.07) is 8.69. The molecule has 0 aliphatic carbocycles. The van der Waals surface area contributed by atoms with Crippen LogP contribution < -0.4 is 5.73 Å². The minimum absolute atomic E-state index is 0.0414. The number of benzene rings is 1. The van der Waals surface area contributed by atoms with Gasteiger partial charge in [0.1, 0.15) is 11.3 Å². The quantitative estimate of drug-likeness (QED) is 0.876. The van der Waals surface area contributed by atoms with Crippen molar-refractivity contribution in [3.8, 4) is 22.9 Å². The molecule has 24 heavy (non-hydrogen) atoms. The summed E-state index contributed by atoms with van der Waals surface area (Å²) in [5.41, 5.74) is 7.14. The normalized spacial score (nSPS) is 20.6. The number of hydrogen-bond acceptors (Lipinski definition) is 6. The molecule has 3 N–H and O–H groups in total. The number of carbonyl (C=O) groups excluding carboxylic acids is 1. The summed E-state index contributed by atoms with van der Waals surface area (Å²) in [7, 11) is 1.61. The molecule has 1 amide bonds. The first-order chi connectivity index (χ1) is 11.3. The molecule has 0 unspecified atom stereocenters. The van der Waals surface area contributed by atoms with Gasteiger partial charge < -0.3 is 10.8 Å². The third kappa shape index (κ3) is 2.72. The Balaban J connectivity index is 2.01. The van der Waals surface area contributed by atoms with Crippen molar-refractivity contribution in [2.75, 3.05) is 7.05 Å². The van der Waals surface area contributed by atoms with Crippen molar-refractivity contribution < 1.29 is 9.90 Å². The van der Waals surface area contributed by atoms with E-state index in [-0.39, 0.29) is 24.0 Å². The molecule has 2 heterocycles. The molecule has 0 saturated heterocycles. The number of nitrogens with zero attached hydrogens (tertiary/aromatic N) is 3. The minimum Gasteiger partial charge on any atom is -0.508 e. The molecule has 1 aliphatic heterocycles. The van der Waals surface area contributed by atoms with Crippen molar-refractivity contribution in [3.63, 3.8) is 0 Å². The van der Waals surface area contributed by atoms with Gasteiger partial charge in [0.2, 0.25) is 5.91 Å². The van der Waals surface area contributed by atoms with Crippen LogP contribution >= 0.6 is 11.3 Å². The van der Waals surface area contributed by atoms with Gasteiger partial charge in [0.15, 0.2) is 5.96 Å². The molecule has 3 rings (SSSR count). The molecule has 0 fully saturated rings. The first kappa shape index (κ1) is 16.0. The lowest BCUT2D eigenvalue weighted by atomic mass is 9.93. The van der Waals surface area contributed by atoms with Crippen molar-refractivity contribution in [1.29, 1.82) is 5.26 Å². The van der Waals surface area contributed by atoms with Gasteiger partial charge in [-0.1, -0.05) is 0 Å². The predicted molar refractivity (Wildman–Crippen MR) is 92.5 cm³/mol. The summed E-state index contributed by atoms with van der Waals surface area (Å²) in [6.07, 6.45) is 0.244. The standard InChI is InChI=1S/C17H16N4O2S/c1-17(7-15(23)21(2)16(19)20-17)14-6-12(9-24-14)11-3-10(8-18)4-13(22)5-11/h3-6,9,22H,7H2,1-2H3,(H2,19,20)/t17-/m0/s1. The number of nitriles is 1. The van der Waals surface area contributed by atoms with E-state index in [1.807, 2.05) is 24.4 Å². The van der Waals surface area contributed by atoms with Gasteiger partial charge in [-0.25, -0.2) is 4.99 Å². The number of hydrogen-bond donors (Lipinski definition) is 2. The van der Waals surface area contributed by atoms with Crippen LogP contribution in [-0.4, -0.2) is 28.9 Å². The van der Waals surface area contributed by atoms with Crippen LogP contribution in [0.15, 0.2) is 34.6 Å². The van der Waals surface area contributed by atoms with Crippen molar-refractivity contribution in [2.24, 2.45) is 10.7 Å². The highest BCUT2D eigenvalue weighted by Gasteiger charge is 2.37. The third-order valence-corrected chi connectivity index (χ3v) is 5.27. The van der Waals surface area contributed by atoms with Gasteiger partial charge in [-0.3, -0.25) is 9.69 Å². The van der Waals surface area contributed by atoms with E-state index >= 15 is 0 Å². The van der Waals surface area contributed by atoms with E-state index in [0.717, 1.165) is 16.0 Å². The Labute approximate surface area is 143 Å². The van der Waals surface area contributed by atoms with Crippen molar-refractivity contribution in [1.82, 2.24) is 4.90 Å². The molecule has 1 aromatic carbocycles. The zero-order chi connectivity index (χ0) is 17.5. The van der Waals surface area contributed by atoms with E-state index in [1.165, 1.54) is 22.3 Å². The van der Waals surface area contributed by atoms with E-state index in [2.05, 4.69) is 4.99 Å². The van der Waals surface area contributed by atoms with Crippen molar-refractivity contribution >= 4 is 23.2 Å². The minimum atomic E-state index is -0.703. The number of phenols is 1. The number of aromatic hydroxyl groups is 1. The van der Waals surface area contributed by atoms with Crippen LogP contribution in [0, 0.1) is 11.3 Å². The number of guanidine groups is 1. The highest BCUT2D eigenvalue weighted by molar-refractivity contribution is 7.10. The second-order valence-electron chi connectivity index (χ2n) is 5.95. The van der Waals surface area contributed by atoms with Gasteiger partial charge in [-0.05, 0) is 47.7 Å². The molecular formula is C17H16N4O2S. The van der Waals surface area contributed by atoms with Crippen LogP contribution in [0.1, 0.15) is 23.8 Å². The third-order valence-electron chi connectivity index (χ3n) is 4.08. The highest BCUT2D eigenvalue weighted by Crippen LogP contribution is 2.39. The first-order valence-corrected chi connectivity index (χ1v) is 8.16. The molecule has 6 nitrogen and oxygen atoms in total. The maximum atomic E-state index is 12.1. The Morgan fingerprint density at radius 2 is 2.12 bits per heavy atom. The summed E-state index contributed by atoms with van der Waals surface area (Å²) >= 11 is 1.48. The Bertz CT molecular complexity index is 896. The van der Waals surface area contributed by atoms with Gasteiger partial charge >= 0.3 is 0 Å². The second-order valence-corrected chi connectivity index (χ2v) is 6.86. The van der Waals surface area contributed by atoms with Crippen molar-refractivity contribution in [3.05, 3.63) is 40.1 Å². The van der Waals surface area contributed by atoms with E-state index in [0.29, 0.717) is 5.56 Å². The summed E-state index contributed by atoms with van der Waals surface area (Å²) in [5, 5.41) is 20.7. The monoisotopic (exact) mass is 340 g/mol. The number of carbonyl (C=O) groups is 1. The highest BCUT2D eigenvalue weighted by atomic mass is 32.1. The van der Waals surface area contributed by atoms with Gasteiger partial charge in [0, 0.05) is 11.9 Å². The first-order valence-electron chi connectivity index (χ1n) is 7.28. The van der Waals surface area contributed by atoms with E-state index < -0.39 is 5.54 Å². The van der Waals surface area contributed by atoms with Crippen LogP contribution in [-0.2, 0) is 10.3 Å². The van der Waals surface area contributed by atoms with Gasteiger partial charge in [0.05, 0.1) is 18.1 Å². The number of thiophene rings is 1. The Morgan fingerprint density at radius 1 is 1.38 bits per heavy atom. The zero-order valence-electron chi connectivity index (χ0n) is 13.3. The Kier molecular flexibility index (Phi) is 3.78. The van der Waals surface area contributed by atoms with E-state index in [1.54, 1.807) is 19.2 Å². The van der Waals surface area contributed by atoms with Crippen LogP contribution in [0.25, 0.3) is 11.1 Å². The van der Waals surface area contributed by atoms with Crippen LogP contribution in [0.2, 0.25) is 0 Å². The molecule has 0 bridgehead atoms. The zero-order valence-corrected chi connectivity index (χ0v) is 14.1. The fraction of sp³-hybridized carbons (Fsp3) is 0.235. The largest absolute Gasteiger partial charge is 0.508 e. The molecular weight excluding hydrogens is 324 g/mol. The summed E-state index contributed by atoms with van der Waals surface area (Å²) in [6.45, 7) is 1.88. The molecule has 1 atom stereocenters. The topological polar surface area (TPSA) is 103 Å². The number of rotatable bonds is 2. The smallest absolute Gasteiger partial charge is 0.231 e. The average molecular weight is 340 g/mol. The summed E-state index contributed by atoms with van der Waals surface area (Å²) in [4.78, 5) is 18.8. The molecule has 1 aliphatic rings. The second kappa shape index (κ2) is 5.65. The number of nitrogens with two attached hydrogens (primary N) is 1. The Hall–Kier alpha value is -2.85. The summed E-state index contributed by atoms with van der Waals surface area (Å²) in [5.74, 6) is 0.164. The molecule has 0 spiro atoms. The number of aliphatic imine (C=N–C) groups is 1. The van der Waals surface area contributed by atoms with Gasteiger partial charge in [-0.2, -0.15) is 5.26 Å². The lowest BCUT2D eigenvalue weighted by Crippen LogP contribution is -2.47. The fourth-order valence-electron chi connectivity index (χ4n) is 2.66. The molecule has 0 saturated carbocycles. The van der Waals surface area contributed by atoms with Crippen molar-refractivity contribution in [2.45, 2.75) is 18.9 Å². The number of phenolic OH excluding ortho intramolecular Hbond substituents is 1. The fourth-order valence-corrected chi connectivity index (χ4v) is 3.69.